The summed E-state index contributed by atoms with van der Waals surface area (Å²) in [6, 6.07) is 40.9. The van der Waals surface area contributed by atoms with Gasteiger partial charge in [0.2, 0.25) is 0 Å². The number of nitrogens with zero attached hydrogens (tertiary/aromatic N) is 11. The Kier molecular flexibility index (Phi) is 22.4. The first-order valence-electron chi connectivity index (χ1n) is 26.2. The largest absolute Gasteiger partial charge is 0.488 e. The van der Waals surface area contributed by atoms with Crippen LogP contribution < -0.4 is 16.5 Å². The lowest BCUT2D eigenvalue weighted by atomic mass is 9.81. The predicted molar refractivity (Wildman–Crippen MR) is 359 cm³/mol. The molecule has 0 bridgehead atoms. The number of oxazole rings is 2. The van der Waals surface area contributed by atoms with Crippen LogP contribution in [-0.4, -0.2) is 94.2 Å². The van der Waals surface area contributed by atoms with Crippen LogP contribution in [0, 0.1) is 0 Å². The van der Waals surface area contributed by atoms with Gasteiger partial charge < -0.3 is 24.6 Å². The summed E-state index contributed by atoms with van der Waals surface area (Å²) in [6.07, 6.45) is 24.9. The van der Waals surface area contributed by atoms with E-state index in [1.807, 2.05) is 18.2 Å². The van der Waals surface area contributed by atoms with E-state index in [9.17, 15) is 25.3 Å². The number of hydrogen-bond acceptors (Lipinski definition) is 20. The number of fused-ring (bicyclic) bond motifs is 3. The molecule has 14 rings (SSSR count). The van der Waals surface area contributed by atoms with E-state index < -0.39 is 37.2 Å². The molecule has 0 aliphatic heterocycles. The Morgan fingerprint density at radius 2 is 0.902 bits per heavy atom. The van der Waals surface area contributed by atoms with E-state index in [0.717, 1.165) is 42.9 Å². The highest BCUT2D eigenvalue weighted by Crippen LogP contribution is 2.34. The molecule has 11 aromatic heterocycles. The van der Waals surface area contributed by atoms with Crippen LogP contribution in [0.5, 0.6) is 0 Å². The summed E-state index contributed by atoms with van der Waals surface area (Å²) in [5, 5.41) is 23.2. The molecule has 23 nitrogen and oxygen atoms in total. The SMILES string of the molecule is C.C.Nc1ncco1.O=S(=O)(c1ccccc1)n1ccc2c(-c3ccnc(Cl)c3)cncc21.O=S(=O)(c1ccccc1)n1ccc2c(-c3ccnc(Nc4ncco4)c3)cncc21.O=S(=O)(c1ccccc1)n1ccc2c(Br)cncc21.OB(O)c1ccnc(Cl)c1. The first-order chi connectivity index (χ1) is 43.4. The minimum atomic E-state index is -3.73. The lowest BCUT2D eigenvalue weighted by Crippen LogP contribution is -2.29. The maximum absolute atomic E-state index is 13.1. The molecular formula is C62H53BBrCl2N13O10S3. The van der Waals surface area contributed by atoms with E-state index >= 15 is 0 Å². The highest BCUT2D eigenvalue weighted by Gasteiger charge is 2.23. The van der Waals surface area contributed by atoms with Crippen LogP contribution in [0.3, 0.4) is 0 Å². The van der Waals surface area contributed by atoms with Crippen LogP contribution >= 0.6 is 39.1 Å². The number of anilines is 3. The van der Waals surface area contributed by atoms with Gasteiger partial charge in [0.15, 0.2) is 0 Å². The van der Waals surface area contributed by atoms with E-state index in [1.54, 1.807) is 183 Å². The number of rotatable bonds is 11. The van der Waals surface area contributed by atoms with E-state index in [1.165, 1.54) is 55.2 Å². The van der Waals surface area contributed by atoms with Crippen molar-refractivity contribution in [2.24, 2.45) is 0 Å². The van der Waals surface area contributed by atoms with Gasteiger partial charge in [-0.1, -0.05) is 92.7 Å². The highest BCUT2D eigenvalue weighted by atomic mass is 79.9. The van der Waals surface area contributed by atoms with Gasteiger partial charge in [0.1, 0.15) is 28.7 Å². The van der Waals surface area contributed by atoms with Crippen LogP contribution in [-0.2, 0) is 30.1 Å². The zero-order valence-electron chi connectivity index (χ0n) is 46.2. The summed E-state index contributed by atoms with van der Waals surface area (Å²) < 4.78 is 91.3. The van der Waals surface area contributed by atoms with E-state index in [2.05, 4.69) is 65.5 Å². The van der Waals surface area contributed by atoms with Crippen LogP contribution in [0.25, 0.3) is 55.0 Å². The summed E-state index contributed by atoms with van der Waals surface area (Å²) >= 11 is 14.8. The Morgan fingerprint density at radius 3 is 1.32 bits per heavy atom. The molecule has 0 aliphatic carbocycles. The first-order valence-corrected chi connectivity index (χ1v) is 32.1. The van der Waals surface area contributed by atoms with Crippen molar-refractivity contribution in [2.45, 2.75) is 29.5 Å². The lowest BCUT2D eigenvalue weighted by molar-refractivity contribution is 0.425. The molecule has 0 saturated carbocycles. The molecule has 92 heavy (non-hydrogen) atoms. The van der Waals surface area contributed by atoms with Crippen molar-refractivity contribution in [2.75, 3.05) is 11.1 Å². The second-order valence-electron chi connectivity index (χ2n) is 18.5. The molecule has 30 heteroatoms. The number of nitrogens with two attached hydrogens (primary N) is 1. The highest BCUT2D eigenvalue weighted by molar-refractivity contribution is 9.10. The minimum absolute atomic E-state index is 0. The van der Waals surface area contributed by atoms with E-state index in [0.29, 0.717) is 39.0 Å². The molecule has 0 spiro atoms. The Balaban J connectivity index is 0.000000159. The maximum atomic E-state index is 13.1. The third kappa shape index (κ3) is 15.6. The minimum Gasteiger partial charge on any atom is -0.432 e. The Labute approximate surface area is 547 Å². The fraction of sp³-hybridized carbons (Fsp3) is 0.0323. The summed E-state index contributed by atoms with van der Waals surface area (Å²) in [7, 11) is -12.5. The Hall–Kier alpha value is -9.91. The predicted octanol–water partition coefficient (Wildman–Crippen LogP) is 12.0. The van der Waals surface area contributed by atoms with Gasteiger partial charge >= 0.3 is 7.12 Å². The van der Waals surface area contributed by atoms with Gasteiger partial charge in [0.25, 0.3) is 42.1 Å². The summed E-state index contributed by atoms with van der Waals surface area (Å²) in [5.41, 5.74) is 10.1. The van der Waals surface area contributed by atoms with Gasteiger partial charge in [-0.05, 0) is 124 Å². The van der Waals surface area contributed by atoms with E-state index in [-0.39, 0.29) is 40.7 Å². The number of nitrogen functional groups attached to an aromatic ring is 1. The number of benzene rings is 3. The molecule has 0 aliphatic rings. The van der Waals surface area contributed by atoms with Crippen molar-refractivity contribution in [3.05, 3.63) is 260 Å². The van der Waals surface area contributed by atoms with Gasteiger partial charge in [-0.2, -0.15) is 0 Å². The molecule has 14 aromatic rings. The third-order valence-electron chi connectivity index (χ3n) is 12.9. The molecule has 0 fully saturated rings. The zero-order valence-corrected chi connectivity index (χ0v) is 51.7. The van der Waals surface area contributed by atoms with Crippen molar-refractivity contribution in [3.8, 4) is 22.3 Å². The van der Waals surface area contributed by atoms with Crippen molar-refractivity contribution in [3.63, 3.8) is 0 Å². The third-order valence-corrected chi connectivity index (χ3v) is 19.0. The van der Waals surface area contributed by atoms with Crippen molar-refractivity contribution >= 4 is 132 Å². The average molecular weight is 1400 g/mol. The fourth-order valence-electron chi connectivity index (χ4n) is 8.71. The van der Waals surface area contributed by atoms with Crippen LogP contribution in [0.1, 0.15) is 14.9 Å². The normalized spacial score (nSPS) is 11.0. The van der Waals surface area contributed by atoms with Gasteiger partial charge in [-0.3, -0.25) is 20.3 Å². The van der Waals surface area contributed by atoms with Crippen LogP contribution in [0.15, 0.2) is 273 Å². The molecule has 0 amide bonds. The monoisotopic (exact) mass is 1400 g/mol. The standard InChI is InChI=1S/C21H15N5O3S.C18H12ClN3O2S.C13H9BrN2O2S.C5H5BClNO2.C3H4N2O.2CH4/c27-30(28,16-4-2-1-3-5-16)26-10-7-17-18(13-22-14-19(17)26)15-6-8-23-20(12-15)25-21-24-9-11-29-21;19-18-10-13(6-8-21-18)16-11-20-12-17-15(16)7-9-22(17)25(23,24)14-4-2-1-3-5-14;14-12-8-15-9-13-11(12)6-7-16(13)19(17,18)10-4-2-1-3-5-10;7-5-3-4(6(9)10)1-2-8-5;4-3-5-1-2-6-3;;/h1-14H,(H,23,24,25);1-12H;1-9H;1-3,9-10H;1-2H,(H2,4,5);2*1H4. The molecule has 5 N–H and O–H groups in total. The van der Waals surface area contributed by atoms with Crippen molar-refractivity contribution in [1.29, 1.82) is 0 Å². The number of halogens is 3. The van der Waals surface area contributed by atoms with Gasteiger partial charge in [-0.15, -0.1) is 0 Å². The van der Waals surface area contributed by atoms with Crippen molar-refractivity contribution < 1.29 is 44.1 Å². The van der Waals surface area contributed by atoms with Gasteiger partial charge in [-0.25, -0.2) is 62.1 Å². The van der Waals surface area contributed by atoms with E-state index in [4.69, 9.17) is 43.4 Å². The molecule has 0 saturated heterocycles. The van der Waals surface area contributed by atoms with Gasteiger partial charge in [0, 0.05) is 87.5 Å². The van der Waals surface area contributed by atoms with Gasteiger partial charge in [0.05, 0.1) is 62.2 Å². The molecule has 0 unspecified atom stereocenters. The smallest absolute Gasteiger partial charge is 0.432 e. The number of pyridine rings is 6. The van der Waals surface area contributed by atoms with Crippen LogP contribution in [0.2, 0.25) is 10.3 Å². The summed E-state index contributed by atoms with van der Waals surface area (Å²) in [6.45, 7) is 0. The molecule has 468 valence electrons. The maximum Gasteiger partial charge on any atom is 0.488 e. The lowest BCUT2D eigenvalue weighted by Gasteiger charge is -2.09. The van der Waals surface area contributed by atoms with Crippen molar-refractivity contribution in [1.82, 2.24) is 51.8 Å². The molecule has 3 aromatic carbocycles. The zero-order chi connectivity index (χ0) is 63.4. The first kappa shape index (κ1) is 68.0. The molecule has 0 atom stereocenters. The molecule has 11 heterocycles. The topological polar surface area (TPSA) is 325 Å². The second-order valence-corrected chi connectivity index (χ2v) is 25.6. The summed E-state index contributed by atoms with van der Waals surface area (Å²) in [4.78, 5) is 32.7. The summed E-state index contributed by atoms with van der Waals surface area (Å²) in [5.74, 6) is 0.545. The Morgan fingerprint density at radius 1 is 0.478 bits per heavy atom. The molecule has 0 radical (unpaired) electrons. The average Bonchev–Trinajstić information content (AvgIpc) is 1.59. The fourth-order valence-corrected chi connectivity index (χ4v) is 13.6. The van der Waals surface area contributed by atoms with Crippen LogP contribution in [0.4, 0.5) is 17.8 Å². The number of nitrogens with one attached hydrogen (secondary N) is 1. The quantitative estimate of drug-likeness (QED) is 0.0690. The Bertz CT molecular complexity index is 5100. The number of hydrogen-bond donors (Lipinski definition) is 4. The second kappa shape index (κ2) is 30.3. The number of aromatic nitrogens is 11. The molecular weight excluding hydrogens is 1340 g/mol.